The summed E-state index contributed by atoms with van der Waals surface area (Å²) in [6.07, 6.45) is 1.88. The van der Waals surface area contributed by atoms with Gasteiger partial charge in [-0.2, -0.15) is 0 Å². The highest BCUT2D eigenvalue weighted by Gasteiger charge is 2.68. The van der Waals surface area contributed by atoms with Crippen LogP contribution in [0, 0.1) is 11.8 Å². The Kier molecular flexibility index (Phi) is 4.94. The molecule has 0 N–H and O–H groups in total. The first-order valence-corrected chi connectivity index (χ1v) is 12.9. The molecule has 180 valence electrons. The second-order valence-corrected chi connectivity index (χ2v) is 10.6. The van der Waals surface area contributed by atoms with Crippen molar-refractivity contribution in [3.63, 3.8) is 0 Å². The van der Waals surface area contributed by atoms with Crippen molar-refractivity contribution < 1.29 is 9.59 Å². The van der Waals surface area contributed by atoms with Crippen LogP contribution in [0.3, 0.4) is 0 Å². The number of carbonyl (C=O) groups excluding carboxylic acids is 2. The van der Waals surface area contributed by atoms with Crippen molar-refractivity contribution in [1.82, 2.24) is 0 Å². The van der Waals surface area contributed by atoms with Gasteiger partial charge in [0.1, 0.15) is 0 Å². The number of aliphatic imine (C=N–C) groups is 1. The van der Waals surface area contributed by atoms with E-state index in [1.54, 1.807) is 36.4 Å². The molecule has 3 aliphatic carbocycles. The number of nitrogens with zero attached hydrogens (tertiary/aromatic N) is 2. The van der Waals surface area contributed by atoms with E-state index in [1.165, 1.54) is 4.90 Å². The third-order valence-corrected chi connectivity index (χ3v) is 8.59. The summed E-state index contributed by atoms with van der Waals surface area (Å²) in [5.74, 6) is -1.92. The van der Waals surface area contributed by atoms with Crippen LogP contribution in [0.2, 0.25) is 10.0 Å². The van der Waals surface area contributed by atoms with Crippen LogP contribution in [-0.4, -0.2) is 18.0 Å². The Morgan fingerprint density at radius 3 is 1.97 bits per heavy atom. The Bertz CT molecular complexity index is 1580. The average Bonchev–Trinajstić information content (AvgIpc) is 3.19. The number of anilines is 1. The monoisotopic (exact) mass is 522 g/mol. The van der Waals surface area contributed by atoms with Gasteiger partial charge in [0, 0.05) is 17.2 Å². The molecule has 0 unspecified atom stereocenters. The molecule has 0 saturated carbocycles. The van der Waals surface area contributed by atoms with Crippen molar-refractivity contribution in [3.8, 4) is 0 Å². The van der Waals surface area contributed by atoms with Crippen LogP contribution in [0.1, 0.15) is 28.2 Å². The summed E-state index contributed by atoms with van der Waals surface area (Å²) in [4.78, 5) is 34.7. The van der Waals surface area contributed by atoms with E-state index in [2.05, 4.69) is 24.3 Å². The van der Waals surface area contributed by atoms with Gasteiger partial charge in [-0.25, -0.2) is 4.90 Å². The van der Waals surface area contributed by atoms with Crippen LogP contribution in [0.25, 0.3) is 0 Å². The van der Waals surface area contributed by atoms with E-state index < -0.39 is 17.3 Å². The zero-order valence-corrected chi connectivity index (χ0v) is 21.0. The van der Waals surface area contributed by atoms with Gasteiger partial charge in [-0.3, -0.25) is 14.6 Å². The van der Waals surface area contributed by atoms with Crippen LogP contribution in [-0.2, 0) is 15.0 Å². The maximum absolute atomic E-state index is 14.3. The molecular formula is C31H20Cl2N2O2. The topological polar surface area (TPSA) is 49.7 Å². The third kappa shape index (κ3) is 3.00. The van der Waals surface area contributed by atoms with E-state index in [0.29, 0.717) is 15.7 Å². The largest absolute Gasteiger partial charge is 0.274 e. The molecule has 4 aromatic carbocycles. The number of hydrogen-bond donors (Lipinski definition) is 0. The first kappa shape index (κ1) is 22.5. The number of imide groups is 1. The van der Waals surface area contributed by atoms with E-state index in [1.807, 2.05) is 42.6 Å². The molecule has 37 heavy (non-hydrogen) atoms. The van der Waals surface area contributed by atoms with Crippen molar-refractivity contribution in [2.24, 2.45) is 16.8 Å². The maximum Gasteiger partial charge on any atom is 0.239 e. The molecule has 0 radical (unpaired) electrons. The van der Waals surface area contributed by atoms with Gasteiger partial charge in [-0.15, -0.1) is 0 Å². The summed E-state index contributed by atoms with van der Waals surface area (Å²) in [6, 6.07) is 30.5. The molecule has 4 nitrogen and oxygen atoms in total. The summed E-state index contributed by atoms with van der Waals surface area (Å²) >= 11 is 12.6. The van der Waals surface area contributed by atoms with Gasteiger partial charge in [-0.1, -0.05) is 83.9 Å². The molecule has 2 bridgehead atoms. The predicted molar refractivity (Wildman–Crippen MR) is 146 cm³/mol. The minimum Gasteiger partial charge on any atom is -0.274 e. The molecule has 8 rings (SSSR count). The number of benzene rings is 4. The van der Waals surface area contributed by atoms with Gasteiger partial charge in [0.15, 0.2) is 0 Å². The van der Waals surface area contributed by atoms with Gasteiger partial charge in [0.05, 0.1) is 33.6 Å². The Balaban J connectivity index is 1.51. The first-order valence-electron chi connectivity index (χ1n) is 12.1. The molecular weight excluding hydrogens is 503 g/mol. The summed E-state index contributed by atoms with van der Waals surface area (Å²) in [7, 11) is 0. The molecule has 1 aliphatic heterocycles. The van der Waals surface area contributed by atoms with Gasteiger partial charge in [0.25, 0.3) is 0 Å². The zero-order valence-electron chi connectivity index (χ0n) is 19.5. The van der Waals surface area contributed by atoms with Crippen LogP contribution in [0.15, 0.2) is 102 Å². The van der Waals surface area contributed by atoms with Crippen LogP contribution in [0.4, 0.5) is 11.4 Å². The summed E-state index contributed by atoms with van der Waals surface area (Å²) in [6.45, 7) is 0. The summed E-state index contributed by atoms with van der Waals surface area (Å²) < 4.78 is 0. The van der Waals surface area contributed by atoms with Gasteiger partial charge in [-0.05, 0) is 58.7 Å². The van der Waals surface area contributed by atoms with Gasteiger partial charge < -0.3 is 0 Å². The second-order valence-electron chi connectivity index (χ2n) is 9.72. The van der Waals surface area contributed by atoms with Crippen molar-refractivity contribution in [3.05, 3.63) is 129 Å². The van der Waals surface area contributed by atoms with Gasteiger partial charge in [0.2, 0.25) is 11.8 Å². The fraction of sp³-hybridized carbons (Fsp3) is 0.129. The van der Waals surface area contributed by atoms with E-state index in [0.717, 1.165) is 27.9 Å². The highest BCUT2D eigenvalue weighted by molar-refractivity contribution is 6.36. The number of hydrogen-bond acceptors (Lipinski definition) is 3. The number of para-hydroxylation sites is 1. The molecule has 4 aromatic rings. The minimum absolute atomic E-state index is 0.221. The van der Waals surface area contributed by atoms with Crippen LogP contribution < -0.4 is 4.90 Å². The van der Waals surface area contributed by atoms with Crippen LogP contribution >= 0.6 is 23.2 Å². The zero-order chi connectivity index (χ0) is 25.3. The second kappa shape index (κ2) is 8.14. The van der Waals surface area contributed by atoms with Gasteiger partial charge >= 0.3 is 0 Å². The Labute approximate surface area is 224 Å². The third-order valence-electron chi connectivity index (χ3n) is 8.02. The molecule has 1 heterocycles. The maximum atomic E-state index is 14.3. The predicted octanol–water partition coefficient (Wildman–Crippen LogP) is 6.95. The number of amides is 2. The molecule has 4 aliphatic rings. The summed E-state index contributed by atoms with van der Waals surface area (Å²) in [5, 5.41) is 0.993. The van der Waals surface area contributed by atoms with Crippen molar-refractivity contribution in [2.45, 2.75) is 11.3 Å². The SMILES string of the molecule is O=C1[C@@H]2C3c4ccccc4C(C=Nc4ccc(Cl)cc4)(c4ccccc43)[C@H]2C(=O)N1c1ccccc1Cl. The highest BCUT2D eigenvalue weighted by atomic mass is 35.5. The lowest BCUT2D eigenvalue weighted by molar-refractivity contribution is -0.122. The lowest BCUT2D eigenvalue weighted by atomic mass is 9.47. The summed E-state index contributed by atoms with van der Waals surface area (Å²) in [5.41, 5.74) is 4.37. The fourth-order valence-electron chi connectivity index (χ4n) is 6.62. The molecule has 2 amide bonds. The van der Waals surface area contributed by atoms with E-state index in [9.17, 15) is 9.59 Å². The Morgan fingerprint density at radius 1 is 0.730 bits per heavy atom. The van der Waals surface area contributed by atoms with Crippen molar-refractivity contribution in [2.75, 3.05) is 4.90 Å². The van der Waals surface area contributed by atoms with E-state index in [-0.39, 0.29) is 17.7 Å². The van der Waals surface area contributed by atoms with E-state index in [4.69, 9.17) is 28.2 Å². The normalized spacial score (nSPS) is 25.4. The molecule has 0 spiro atoms. The number of halogens is 2. The quantitative estimate of drug-likeness (QED) is 0.216. The molecule has 6 heteroatoms. The van der Waals surface area contributed by atoms with Crippen LogP contribution in [0.5, 0.6) is 0 Å². The lowest BCUT2D eigenvalue weighted by Crippen LogP contribution is -2.54. The molecule has 2 atom stereocenters. The standard InChI is InChI=1S/C31H20Cl2N2O2/c32-18-13-15-19(16-14-18)34-17-31-22-9-3-1-7-20(22)26(21-8-2-4-10-23(21)31)27-28(31)30(37)35(29(27)36)25-12-6-5-11-24(25)33/h1-17,26-28H/t26?,27-,28-,31?/m1/s1. The Hall–Kier alpha value is -3.73. The number of rotatable bonds is 3. The first-order chi connectivity index (χ1) is 18.0. The Morgan fingerprint density at radius 2 is 1.32 bits per heavy atom. The van der Waals surface area contributed by atoms with Crippen molar-refractivity contribution in [1.29, 1.82) is 0 Å². The molecule has 0 aromatic heterocycles. The van der Waals surface area contributed by atoms with Crippen molar-refractivity contribution >= 4 is 52.6 Å². The fourth-order valence-corrected chi connectivity index (χ4v) is 6.97. The minimum atomic E-state index is -0.922. The molecule has 1 fully saturated rings. The van der Waals surface area contributed by atoms with E-state index >= 15 is 0 Å². The number of carbonyl (C=O) groups is 2. The highest BCUT2D eigenvalue weighted by Crippen LogP contribution is 2.64. The lowest BCUT2D eigenvalue weighted by Gasteiger charge is -2.52. The smallest absolute Gasteiger partial charge is 0.239 e. The molecule has 1 saturated heterocycles. The average molecular weight is 523 g/mol.